The molecule has 0 fully saturated rings. The van der Waals surface area contributed by atoms with Gasteiger partial charge in [-0.15, -0.1) is 11.3 Å². The summed E-state index contributed by atoms with van der Waals surface area (Å²) in [5.41, 5.74) is 0.866. The van der Waals surface area contributed by atoms with Crippen LogP contribution >= 0.6 is 11.3 Å². The number of methoxy groups -OCH3 is 1. The predicted molar refractivity (Wildman–Crippen MR) is 79.1 cm³/mol. The molecule has 102 valence electrons. The SMILES string of the molecule is COc1ccc(O)c(C(C)NCCc2cccs2)c1. The maximum Gasteiger partial charge on any atom is 0.120 e. The maximum absolute atomic E-state index is 9.89. The van der Waals surface area contributed by atoms with Gasteiger partial charge in [0, 0.05) is 23.0 Å². The topological polar surface area (TPSA) is 41.5 Å². The summed E-state index contributed by atoms with van der Waals surface area (Å²) in [4.78, 5) is 1.37. The van der Waals surface area contributed by atoms with Gasteiger partial charge in [0.2, 0.25) is 0 Å². The lowest BCUT2D eigenvalue weighted by atomic mass is 10.1. The van der Waals surface area contributed by atoms with Gasteiger partial charge in [0.15, 0.2) is 0 Å². The second kappa shape index (κ2) is 6.59. The number of aromatic hydroxyl groups is 1. The molecule has 4 heteroatoms. The average Bonchev–Trinajstić information content (AvgIpc) is 2.92. The maximum atomic E-state index is 9.89. The summed E-state index contributed by atoms with van der Waals surface area (Å²) in [5, 5.41) is 15.4. The van der Waals surface area contributed by atoms with E-state index in [1.807, 2.05) is 13.0 Å². The number of hydrogen-bond donors (Lipinski definition) is 2. The first-order valence-corrected chi connectivity index (χ1v) is 7.21. The van der Waals surface area contributed by atoms with E-state index < -0.39 is 0 Å². The van der Waals surface area contributed by atoms with E-state index in [-0.39, 0.29) is 6.04 Å². The van der Waals surface area contributed by atoms with Gasteiger partial charge in [-0.3, -0.25) is 0 Å². The lowest BCUT2D eigenvalue weighted by Gasteiger charge is -2.16. The van der Waals surface area contributed by atoms with Gasteiger partial charge in [0.05, 0.1) is 7.11 Å². The van der Waals surface area contributed by atoms with Crippen molar-refractivity contribution in [1.82, 2.24) is 5.32 Å². The Labute approximate surface area is 117 Å². The molecular formula is C15H19NO2S. The largest absolute Gasteiger partial charge is 0.508 e. The summed E-state index contributed by atoms with van der Waals surface area (Å²) in [7, 11) is 1.63. The molecular weight excluding hydrogens is 258 g/mol. The lowest BCUT2D eigenvalue weighted by Crippen LogP contribution is -2.21. The van der Waals surface area contributed by atoms with Crippen molar-refractivity contribution in [2.75, 3.05) is 13.7 Å². The molecule has 3 nitrogen and oxygen atoms in total. The molecule has 2 aromatic rings. The van der Waals surface area contributed by atoms with Crippen LogP contribution in [0, 0.1) is 0 Å². The minimum absolute atomic E-state index is 0.0927. The highest BCUT2D eigenvalue weighted by atomic mass is 32.1. The second-order valence-electron chi connectivity index (χ2n) is 4.43. The number of benzene rings is 1. The number of nitrogens with one attached hydrogen (secondary N) is 1. The molecule has 2 rings (SSSR count). The zero-order valence-corrected chi connectivity index (χ0v) is 12.0. The Morgan fingerprint density at radius 3 is 2.89 bits per heavy atom. The van der Waals surface area contributed by atoms with Crippen molar-refractivity contribution in [2.24, 2.45) is 0 Å². The van der Waals surface area contributed by atoms with Gasteiger partial charge in [-0.1, -0.05) is 6.07 Å². The Morgan fingerprint density at radius 2 is 2.21 bits per heavy atom. The van der Waals surface area contributed by atoms with Crippen molar-refractivity contribution >= 4 is 11.3 Å². The molecule has 0 amide bonds. The fourth-order valence-corrected chi connectivity index (χ4v) is 2.69. The van der Waals surface area contributed by atoms with Crippen molar-refractivity contribution < 1.29 is 9.84 Å². The van der Waals surface area contributed by atoms with Crippen LogP contribution in [0.3, 0.4) is 0 Å². The van der Waals surface area contributed by atoms with Crippen molar-refractivity contribution in [1.29, 1.82) is 0 Å². The van der Waals surface area contributed by atoms with E-state index in [9.17, 15) is 5.11 Å². The lowest BCUT2D eigenvalue weighted by molar-refractivity contribution is 0.407. The van der Waals surface area contributed by atoms with E-state index >= 15 is 0 Å². The summed E-state index contributed by atoms with van der Waals surface area (Å²) in [6, 6.07) is 9.60. The summed E-state index contributed by atoms with van der Waals surface area (Å²) in [6.07, 6.45) is 1.01. The van der Waals surface area contributed by atoms with Gasteiger partial charge in [-0.05, 0) is 43.0 Å². The molecule has 1 aromatic heterocycles. The predicted octanol–water partition coefficient (Wildman–Crippen LogP) is 3.36. The van der Waals surface area contributed by atoms with E-state index in [0.29, 0.717) is 5.75 Å². The molecule has 19 heavy (non-hydrogen) atoms. The summed E-state index contributed by atoms with van der Waals surface area (Å²) in [6.45, 7) is 2.93. The van der Waals surface area contributed by atoms with Crippen LogP contribution in [-0.4, -0.2) is 18.8 Å². The third-order valence-electron chi connectivity index (χ3n) is 3.10. The molecule has 1 unspecified atom stereocenters. The molecule has 0 spiro atoms. The third-order valence-corrected chi connectivity index (χ3v) is 4.04. The number of thiophene rings is 1. The Morgan fingerprint density at radius 1 is 1.37 bits per heavy atom. The van der Waals surface area contributed by atoms with E-state index in [1.165, 1.54) is 4.88 Å². The van der Waals surface area contributed by atoms with Crippen LogP contribution in [0.4, 0.5) is 0 Å². The molecule has 0 bridgehead atoms. The molecule has 0 saturated heterocycles. The Balaban J connectivity index is 1.93. The molecule has 2 N–H and O–H groups in total. The van der Waals surface area contributed by atoms with Gasteiger partial charge >= 0.3 is 0 Å². The monoisotopic (exact) mass is 277 g/mol. The quantitative estimate of drug-likeness (QED) is 0.850. The van der Waals surface area contributed by atoms with Crippen LogP contribution in [0.15, 0.2) is 35.7 Å². The van der Waals surface area contributed by atoms with E-state index in [4.69, 9.17) is 4.74 Å². The minimum atomic E-state index is 0.0927. The summed E-state index contributed by atoms with van der Waals surface area (Å²) >= 11 is 1.77. The van der Waals surface area contributed by atoms with E-state index in [1.54, 1.807) is 30.6 Å². The normalized spacial score (nSPS) is 12.3. The fourth-order valence-electron chi connectivity index (χ4n) is 1.98. The number of hydrogen-bond acceptors (Lipinski definition) is 4. The number of rotatable bonds is 6. The molecule has 0 saturated carbocycles. The zero-order chi connectivity index (χ0) is 13.7. The number of phenolic OH excluding ortho intramolecular Hbond substituents is 1. The first kappa shape index (κ1) is 13.9. The van der Waals surface area contributed by atoms with E-state index in [2.05, 4.69) is 22.8 Å². The second-order valence-corrected chi connectivity index (χ2v) is 5.46. The van der Waals surface area contributed by atoms with Gasteiger partial charge in [-0.2, -0.15) is 0 Å². The van der Waals surface area contributed by atoms with Crippen molar-refractivity contribution in [2.45, 2.75) is 19.4 Å². The summed E-state index contributed by atoms with van der Waals surface area (Å²) < 4.78 is 5.19. The van der Waals surface area contributed by atoms with Gasteiger partial charge < -0.3 is 15.2 Å². The Kier molecular flexibility index (Phi) is 4.82. The fraction of sp³-hybridized carbons (Fsp3) is 0.333. The van der Waals surface area contributed by atoms with Gasteiger partial charge in [0.25, 0.3) is 0 Å². The van der Waals surface area contributed by atoms with Crippen LogP contribution < -0.4 is 10.1 Å². The van der Waals surface area contributed by atoms with Crippen molar-refractivity contribution in [3.8, 4) is 11.5 Å². The molecule has 0 aliphatic carbocycles. The molecule has 1 heterocycles. The first-order valence-electron chi connectivity index (χ1n) is 6.33. The number of phenols is 1. The van der Waals surface area contributed by atoms with Gasteiger partial charge in [0.1, 0.15) is 11.5 Å². The molecule has 1 atom stereocenters. The van der Waals surface area contributed by atoms with Crippen molar-refractivity contribution in [3.05, 3.63) is 46.2 Å². The zero-order valence-electron chi connectivity index (χ0n) is 11.2. The highest BCUT2D eigenvalue weighted by Gasteiger charge is 2.11. The average molecular weight is 277 g/mol. The van der Waals surface area contributed by atoms with Crippen LogP contribution in [0.2, 0.25) is 0 Å². The first-order chi connectivity index (χ1) is 9.20. The standard InChI is InChI=1S/C15H19NO2S/c1-11(16-8-7-13-4-3-9-19-13)14-10-12(18-2)5-6-15(14)17/h3-6,9-11,16-17H,7-8H2,1-2H3. The Bertz CT molecular complexity index is 511. The van der Waals surface area contributed by atoms with Gasteiger partial charge in [-0.25, -0.2) is 0 Å². The Hall–Kier alpha value is -1.52. The molecule has 0 aliphatic rings. The third kappa shape index (κ3) is 3.72. The smallest absolute Gasteiger partial charge is 0.120 e. The number of ether oxygens (including phenoxy) is 1. The highest BCUT2D eigenvalue weighted by Crippen LogP contribution is 2.28. The van der Waals surface area contributed by atoms with Crippen LogP contribution in [0.5, 0.6) is 11.5 Å². The van der Waals surface area contributed by atoms with Crippen LogP contribution in [-0.2, 0) is 6.42 Å². The minimum Gasteiger partial charge on any atom is -0.508 e. The summed E-state index contributed by atoms with van der Waals surface area (Å²) in [5.74, 6) is 1.07. The van der Waals surface area contributed by atoms with E-state index in [0.717, 1.165) is 24.3 Å². The molecule has 0 aliphatic heterocycles. The van der Waals surface area contributed by atoms with Crippen LogP contribution in [0.1, 0.15) is 23.4 Å². The molecule has 0 radical (unpaired) electrons. The van der Waals surface area contributed by atoms with Crippen LogP contribution in [0.25, 0.3) is 0 Å². The van der Waals surface area contributed by atoms with Crippen molar-refractivity contribution in [3.63, 3.8) is 0 Å². The molecule has 1 aromatic carbocycles. The highest BCUT2D eigenvalue weighted by molar-refractivity contribution is 7.09.